The molecule has 104 valence electrons. The van der Waals surface area contributed by atoms with Crippen molar-refractivity contribution in [2.45, 2.75) is 6.92 Å². The van der Waals surface area contributed by atoms with Crippen molar-refractivity contribution in [1.29, 1.82) is 5.26 Å². The summed E-state index contributed by atoms with van der Waals surface area (Å²) >= 11 is 2.21. The summed E-state index contributed by atoms with van der Waals surface area (Å²) < 4.78 is 1.10. The number of anilines is 1. The first-order valence-corrected chi connectivity index (χ1v) is 7.42. The van der Waals surface area contributed by atoms with Crippen LogP contribution >= 0.6 is 22.6 Å². The summed E-state index contributed by atoms with van der Waals surface area (Å²) in [4.78, 5) is 12.1. The maximum absolute atomic E-state index is 12.1. The maximum Gasteiger partial charge on any atom is 0.266 e. The third-order valence-corrected chi connectivity index (χ3v) is 3.54. The number of benzene rings is 2. The lowest BCUT2D eigenvalue weighted by Crippen LogP contribution is -2.13. The maximum atomic E-state index is 12.1. The van der Waals surface area contributed by atoms with Gasteiger partial charge in [0.25, 0.3) is 5.91 Å². The van der Waals surface area contributed by atoms with E-state index in [1.54, 1.807) is 12.1 Å². The Balaban J connectivity index is 2.19. The molecular weight excluding hydrogens is 375 g/mol. The number of carbonyl (C=O) groups excluding carboxylic acids is 1. The summed E-state index contributed by atoms with van der Waals surface area (Å²) in [6, 6.07) is 17.0. The van der Waals surface area contributed by atoms with Crippen LogP contribution in [-0.2, 0) is 4.79 Å². The number of hydrogen-bond acceptors (Lipinski definition) is 2. The molecule has 0 spiro atoms. The van der Waals surface area contributed by atoms with E-state index in [-0.39, 0.29) is 5.57 Å². The fourth-order valence-electron chi connectivity index (χ4n) is 1.80. The van der Waals surface area contributed by atoms with Crippen LogP contribution in [-0.4, -0.2) is 5.91 Å². The van der Waals surface area contributed by atoms with Gasteiger partial charge in [-0.3, -0.25) is 4.79 Å². The van der Waals surface area contributed by atoms with Gasteiger partial charge >= 0.3 is 0 Å². The van der Waals surface area contributed by atoms with Gasteiger partial charge in [-0.2, -0.15) is 5.26 Å². The zero-order valence-corrected chi connectivity index (χ0v) is 13.6. The molecule has 3 nitrogen and oxygen atoms in total. The van der Waals surface area contributed by atoms with E-state index >= 15 is 0 Å². The topological polar surface area (TPSA) is 52.9 Å². The summed E-state index contributed by atoms with van der Waals surface area (Å²) in [5, 5.41) is 11.9. The first kappa shape index (κ1) is 15.3. The largest absolute Gasteiger partial charge is 0.321 e. The average molecular weight is 388 g/mol. The van der Waals surface area contributed by atoms with E-state index in [2.05, 4.69) is 27.9 Å². The van der Waals surface area contributed by atoms with Gasteiger partial charge in [0.15, 0.2) is 0 Å². The van der Waals surface area contributed by atoms with E-state index in [0.717, 1.165) is 14.7 Å². The van der Waals surface area contributed by atoms with Gasteiger partial charge in [0.2, 0.25) is 0 Å². The lowest BCUT2D eigenvalue weighted by molar-refractivity contribution is -0.112. The van der Waals surface area contributed by atoms with Crippen LogP contribution in [0.25, 0.3) is 6.08 Å². The highest BCUT2D eigenvalue weighted by Crippen LogP contribution is 2.14. The monoisotopic (exact) mass is 388 g/mol. The number of hydrogen-bond donors (Lipinski definition) is 1. The molecule has 0 bridgehead atoms. The van der Waals surface area contributed by atoms with Crippen LogP contribution in [0.15, 0.2) is 54.1 Å². The highest BCUT2D eigenvalue weighted by atomic mass is 127. The summed E-state index contributed by atoms with van der Waals surface area (Å²) in [6.45, 7) is 1.95. The molecule has 0 aliphatic rings. The molecule has 0 radical (unpaired) electrons. The molecule has 1 N–H and O–H groups in total. The second-order valence-electron chi connectivity index (χ2n) is 4.54. The van der Waals surface area contributed by atoms with Crippen molar-refractivity contribution in [1.82, 2.24) is 0 Å². The van der Waals surface area contributed by atoms with Gasteiger partial charge < -0.3 is 5.32 Å². The first-order chi connectivity index (χ1) is 10.1. The SMILES string of the molecule is Cc1cccc(NC(=O)/C(C#N)=C\c2ccc(I)cc2)c1. The van der Waals surface area contributed by atoms with Gasteiger partial charge in [0.05, 0.1) is 0 Å². The van der Waals surface area contributed by atoms with Crippen LogP contribution in [0.5, 0.6) is 0 Å². The van der Waals surface area contributed by atoms with Crippen molar-refractivity contribution in [2.24, 2.45) is 0 Å². The van der Waals surface area contributed by atoms with Crippen molar-refractivity contribution in [3.05, 3.63) is 68.8 Å². The van der Waals surface area contributed by atoms with Crippen molar-refractivity contribution in [3.63, 3.8) is 0 Å². The predicted octanol–water partition coefficient (Wildman–Crippen LogP) is 4.15. The molecule has 4 heteroatoms. The lowest BCUT2D eigenvalue weighted by Gasteiger charge is -2.05. The second-order valence-corrected chi connectivity index (χ2v) is 5.79. The number of nitriles is 1. The Kier molecular flexibility index (Phi) is 5.12. The summed E-state index contributed by atoms with van der Waals surface area (Å²) in [7, 11) is 0. The Bertz CT molecular complexity index is 727. The Morgan fingerprint density at radius 1 is 1.24 bits per heavy atom. The van der Waals surface area contributed by atoms with Crippen LogP contribution < -0.4 is 5.32 Å². The van der Waals surface area contributed by atoms with Gasteiger partial charge in [0, 0.05) is 9.26 Å². The molecular formula is C17H13IN2O. The van der Waals surface area contributed by atoms with E-state index in [4.69, 9.17) is 5.26 Å². The van der Waals surface area contributed by atoms with E-state index in [0.29, 0.717) is 5.69 Å². The molecule has 2 aromatic rings. The molecule has 0 fully saturated rings. The van der Waals surface area contributed by atoms with Gasteiger partial charge in [-0.1, -0.05) is 24.3 Å². The third-order valence-electron chi connectivity index (χ3n) is 2.82. The normalized spacial score (nSPS) is 10.8. The van der Waals surface area contributed by atoms with Crippen LogP contribution in [0.3, 0.4) is 0 Å². The van der Waals surface area contributed by atoms with E-state index < -0.39 is 5.91 Å². The third kappa shape index (κ3) is 4.43. The van der Waals surface area contributed by atoms with Crippen LogP contribution in [0, 0.1) is 21.8 Å². The molecule has 0 aliphatic carbocycles. The van der Waals surface area contributed by atoms with Gasteiger partial charge in [-0.05, 0) is 71.0 Å². The molecule has 21 heavy (non-hydrogen) atoms. The van der Waals surface area contributed by atoms with Crippen LogP contribution in [0.1, 0.15) is 11.1 Å². The molecule has 2 aromatic carbocycles. The molecule has 0 atom stereocenters. The summed E-state index contributed by atoms with van der Waals surface area (Å²) in [5.74, 6) is -0.401. The number of aryl methyl sites for hydroxylation is 1. The fraction of sp³-hybridized carbons (Fsp3) is 0.0588. The Labute approximate surface area is 137 Å². The lowest BCUT2D eigenvalue weighted by atomic mass is 10.1. The van der Waals surface area contributed by atoms with Gasteiger partial charge in [-0.25, -0.2) is 0 Å². The minimum atomic E-state index is -0.401. The van der Waals surface area contributed by atoms with Crippen molar-refractivity contribution in [3.8, 4) is 6.07 Å². The zero-order chi connectivity index (χ0) is 15.2. The highest BCUT2D eigenvalue weighted by molar-refractivity contribution is 14.1. The average Bonchev–Trinajstić information content (AvgIpc) is 2.46. The molecule has 0 aromatic heterocycles. The second kappa shape index (κ2) is 7.04. The number of rotatable bonds is 3. The number of nitrogens with zero attached hydrogens (tertiary/aromatic N) is 1. The standard InChI is InChI=1S/C17H13IN2O/c1-12-3-2-4-16(9-12)20-17(21)14(11-19)10-13-5-7-15(18)8-6-13/h2-10H,1H3,(H,20,21)/b14-10-. The molecule has 1 amide bonds. The summed E-state index contributed by atoms with van der Waals surface area (Å²) in [5.41, 5.74) is 2.64. The molecule has 0 heterocycles. The number of amides is 1. The molecule has 0 saturated heterocycles. The van der Waals surface area contributed by atoms with Gasteiger partial charge in [-0.15, -0.1) is 0 Å². The van der Waals surface area contributed by atoms with Crippen molar-refractivity contribution in [2.75, 3.05) is 5.32 Å². The Morgan fingerprint density at radius 2 is 1.95 bits per heavy atom. The number of halogens is 1. The van der Waals surface area contributed by atoms with E-state index in [9.17, 15) is 4.79 Å². The Hall–Kier alpha value is -2.13. The number of nitrogens with one attached hydrogen (secondary N) is 1. The minimum Gasteiger partial charge on any atom is -0.321 e. The molecule has 0 saturated carbocycles. The predicted molar refractivity (Wildman–Crippen MR) is 92.6 cm³/mol. The quantitative estimate of drug-likeness (QED) is 0.488. The van der Waals surface area contributed by atoms with E-state index in [1.165, 1.54) is 0 Å². The first-order valence-electron chi connectivity index (χ1n) is 6.34. The van der Waals surface area contributed by atoms with Crippen LogP contribution in [0.4, 0.5) is 5.69 Å². The fourth-order valence-corrected chi connectivity index (χ4v) is 2.16. The zero-order valence-electron chi connectivity index (χ0n) is 11.4. The molecule has 0 unspecified atom stereocenters. The number of carbonyl (C=O) groups is 1. The van der Waals surface area contributed by atoms with E-state index in [1.807, 2.05) is 55.5 Å². The minimum absolute atomic E-state index is 0.0812. The highest BCUT2D eigenvalue weighted by Gasteiger charge is 2.09. The Morgan fingerprint density at radius 3 is 2.57 bits per heavy atom. The molecule has 0 aliphatic heterocycles. The summed E-state index contributed by atoms with van der Waals surface area (Å²) in [6.07, 6.45) is 1.58. The van der Waals surface area contributed by atoms with Crippen molar-refractivity contribution >= 4 is 40.3 Å². The molecule has 2 rings (SSSR count). The van der Waals surface area contributed by atoms with Gasteiger partial charge in [0.1, 0.15) is 11.6 Å². The van der Waals surface area contributed by atoms with Crippen LogP contribution in [0.2, 0.25) is 0 Å². The van der Waals surface area contributed by atoms with Crippen molar-refractivity contribution < 1.29 is 4.79 Å². The smallest absolute Gasteiger partial charge is 0.266 e.